The highest BCUT2D eigenvalue weighted by atomic mass is 35.5. The number of carbonyl (C=O) groups is 1. The van der Waals surface area contributed by atoms with Crippen molar-refractivity contribution in [2.24, 2.45) is 0 Å². The lowest BCUT2D eigenvalue weighted by atomic mass is 10.2. The normalized spacial score (nSPS) is 10.6. The Kier molecular flexibility index (Phi) is 5.46. The zero-order chi connectivity index (χ0) is 17.6. The summed E-state index contributed by atoms with van der Waals surface area (Å²) in [4.78, 5) is 22.2. The average Bonchev–Trinajstić information content (AvgIpc) is 3.02. The summed E-state index contributed by atoms with van der Waals surface area (Å²) >= 11 is 6.06. The van der Waals surface area contributed by atoms with Crippen LogP contribution < -0.4 is 0 Å². The summed E-state index contributed by atoms with van der Waals surface area (Å²) in [5, 5.41) is 0.710. The lowest BCUT2D eigenvalue weighted by Gasteiger charge is -2.21. The molecular formula is C19H19ClN4O. The summed E-state index contributed by atoms with van der Waals surface area (Å²) in [6, 6.07) is 11.6. The van der Waals surface area contributed by atoms with E-state index in [1.54, 1.807) is 30.4 Å². The molecule has 0 atom stereocenters. The molecule has 0 aliphatic carbocycles. The van der Waals surface area contributed by atoms with Gasteiger partial charge in [-0.25, -0.2) is 4.98 Å². The lowest BCUT2D eigenvalue weighted by molar-refractivity contribution is -0.130. The number of amides is 1. The molecule has 0 aliphatic rings. The van der Waals surface area contributed by atoms with Crippen LogP contribution in [0.25, 0.3) is 0 Å². The van der Waals surface area contributed by atoms with Crippen LogP contribution in [0, 0.1) is 0 Å². The van der Waals surface area contributed by atoms with Crippen molar-refractivity contribution in [3.63, 3.8) is 0 Å². The van der Waals surface area contributed by atoms with Crippen LogP contribution in [0.5, 0.6) is 0 Å². The SMILES string of the molecule is CC(=O)N(Cc1ccncc1)Cc1nccn1Cc1cccc(Cl)c1. The summed E-state index contributed by atoms with van der Waals surface area (Å²) in [6.07, 6.45) is 7.13. The van der Waals surface area contributed by atoms with Gasteiger partial charge in [0.25, 0.3) is 0 Å². The Bertz CT molecular complexity index is 847. The molecule has 25 heavy (non-hydrogen) atoms. The van der Waals surface area contributed by atoms with E-state index in [0.29, 0.717) is 24.7 Å². The Hall–Kier alpha value is -2.66. The largest absolute Gasteiger partial charge is 0.331 e. The van der Waals surface area contributed by atoms with Gasteiger partial charge < -0.3 is 9.47 Å². The van der Waals surface area contributed by atoms with Gasteiger partial charge in [-0.05, 0) is 35.4 Å². The number of carbonyl (C=O) groups excluding carboxylic acids is 1. The number of hydrogen-bond acceptors (Lipinski definition) is 3. The van der Waals surface area contributed by atoms with Crippen molar-refractivity contribution in [2.75, 3.05) is 0 Å². The maximum atomic E-state index is 12.0. The molecule has 0 saturated heterocycles. The fourth-order valence-corrected chi connectivity index (χ4v) is 2.84. The molecule has 0 bridgehead atoms. The number of hydrogen-bond donors (Lipinski definition) is 0. The van der Waals surface area contributed by atoms with Crippen molar-refractivity contribution in [2.45, 2.75) is 26.6 Å². The molecule has 0 aliphatic heterocycles. The molecule has 0 saturated carbocycles. The summed E-state index contributed by atoms with van der Waals surface area (Å²) in [6.45, 7) is 3.22. The average molecular weight is 355 g/mol. The standard InChI is InChI=1S/C19H19ClN4O/c1-15(25)24(12-16-5-7-21-8-6-16)14-19-22-9-10-23(19)13-17-3-2-4-18(20)11-17/h2-11H,12-14H2,1H3. The third kappa shape index (κ3) is 4.67. The molecule has 128 valence electrons. The molecule has 6 heteroatoms. The molecule has 0 unspecified atom stereocenters. The van der Waals surface area contributed by atoms with E-state index < -0.39 is 0 Å². The Morgan fingerprint density at radius 3 is 2.64 bits per heavy atom. The zero-order valence-corrected chi connectivity index (χ0v) is 14.7. The molecule has 3 rings (SSSR count). The van der Waals surface area contributed by atoms with Crippen molar-refractivity contribution < 1.29 is 4.79 Å². The molecule has 1 aromatic carbocycles. The molecule has 0 fully saturated rings. The van der Waals surface area contributed by atoms with E-state index in [2.05, 4.69) is 9.97 Å². The van der Waals surface area contributed by atoms with E-state index in [4.69, 9.17) is 11.6 Å². The first kappa shape index (κ1) is 17.2. The number of nitrogens with zero attached hydrogens (tertiary/aromatic N) is 4. The lowest BCUT2D eigenvalue weighted by Crippen LogP contribution is -2.29. The summed E-state index contributed by atoms with van der Waals surface area (Å²) in [5.74, 6) is 0.846. The predicted octanol–water partition coefficient (Wildman–Crippen LogP) is 3.53. The highest BCUT2D eigenvalue weighted by Gasteiger charge is 2.14. The number of aromatic nitrogens is 3. The van der Waals surface area contributed by atoms with Gasteiger partial charge in [0.05, 0.1) is 6.54 Å². The van der Waals surface area contributed by atoms with Gasteiger partial charge in [-0.3, -0.25) is 9.78 Å². The maximum absolute atomic E-state index is 12.0. The van der Waals surface area contributed by atoms with Crippen molar-refractivity contribution >= 4 is 17.5 Å². The minimum Gasteiger partial charge on any atom is -0.331 e. The van der Waals surface area contributed by atoms with Crippen molar-refractivity contribution in [1.82, 2.24) is 19.4 Å². The van der Waals surface area contributed by atoms with E-state index >= 15 is 0 Å². The fourth-order valence-electron chi connectivity index (χ4n) is 2.63. The third-order valence-electron chi connectivity index (χ3n) is 3.94. The van der Waals surface area contributed by atoms with Crippen LogP contribution >= 0.6 is 11.6 Å². The Morgan fingerprint density at radius 1 is 1.12 bits per heavy atom. The second-order valence-electron chi connectivity index (χ2n) is 5.83. The van der Waals surface area contributed by atoms with E-state index in [1.807, 2.05) is 47.2 Å². The van der Waals surface area contributed by atoms with Crippen LogP contribution in [-0.4, -0.2) is 25.3 Å². The molecule has 0 spiro atoms. The highest BCUT2D eigenvalue weighted by molar-refractivity contribution is 6.30. The van der Waals surface area contributed by atoms with Gasteiger partial charge in [0.1, 0.15) is 5.82 Å². The molecule has 3 aromatic rings. The first-order chi connectivity index (χ1) is 12.1. The van der Waals surface area contributed by atoms with Gasteiger partial charge >= 0.3 is 0 Å². The molecule has 2 aromatic heterocycles. The van der Waals surface area contributed by atoms with E-state index in [1.165, 1.54) is 0 Å². The predicted molar refractivity (Wildman–Crippen MR) is 96.9 cm³/mol. The molecular weight excluding hydrogens is 336 g/mol. The Labute approximate surface area is 151 Å². The number of rotatable bonds is 6. The number of benzene rings is 1. The summed E-state index contributed by atoms with van der Waals surface area (Å²) in [5.41, 5.74) is 2.13. The fraction of sp³-hybridized carbons (Fsp3) is 0.211. The van der Waals surface area contributed by atoms with Gasteiger partial charge in [0, 0.05) is 49.8 Å². The number of imidazole rings is 1. The Morgan fingerprint density at radius 2 is 1.92 bits per heavy atom. The van der Waals surface area contributed by atoms with Gasteiger partial charge in [-0.15, -0.1) is 0 Å². The van der Waals surface area contributed by atoms with Gasteiger partial charge in [-0.1, -0.05) is 23.7 Å². The van der Waals surface area contributed by atoms with E-state index in [9.17, 15) is 4.79 Å². The minimum atomic E-state index is 0.00844. The van der Waals surface area contributed by atoms with Crippen molar-refractivity contribution in [1.29, 1.82) is 0 Å². The molecule has 0 radical (unpaired) electrons. The smallest absolute Gasteiger partial charge is 0.220 e. The van der Waals surface area contributed by atoms with Crippen LogP contribution in [0.3, 0.4) is 0 Å². The highest BCUT2D eigenvalue weighted by Crippen LogP contribution is 2.14. The van der Waals surface area contributed by atoms with Gasteiger partial charge in [-0.2, -0.15) is 0 Å². The van der Waals surface area contributed by atoms with Crippen LogP contribution in [0.15, 0.2) is 61.2 Å². The third-order valence-corrected chi connectivity index (χ3v) is 4.18. The quantitative estimate of drug-likeness (QED) is 0.680. The summed E-state index contributed by atoms with van der Waals surface area (Å²) in [7, 11) is 0. The van der Waals surface area contributed by atoms with Crippen LogP contribution in [0.4, 0.5) is 0 Å². The van der Waals surface area contributed by atoms with Crippen LogP contribution in [0.1, 0.15) is 23.9 Å². The minimum absolute atomic E-state index is 0.00844. The van der Waals surface area contributed by atoms with E-state index in [-0.39, 0.29) is 5.91 Å². The second kappa shape index (κ2) is 7.94. The molecule has 2 heterocycles. The van der Waals surface area contributed by atoms with E-state index in [0.717, 1.165) is 17.0 Å². The second-order valence-corrected chi connectivity index (χ2v) is 6.27. The number of halogens is 1. The molecule has 5 nitrogen and oxygen atoms in total. The topological polar surface area (TPSA) is 51.0 Å². The van der Waals surface area contributed by atoms with Crippen LogP contribution in [0.2, 0.25) is 5.02 Å². The first-order valence-corrected chi connectivity index (χ1v) is 8.38. The van der Waals surface area contributed by atoms with Gasteiger partial charge in [0.15, 0.2) is 0 Å². The van der Waals surface area contributed by atoms with Crippen molar-refractivity contribution in [3.05, 3.63) is 83.2 Å². The van der Waals surface area contributed by atoms with Crippen LogP contribution in [-0.2, 0) is 24.4 Å². The first-order valence-electron chi connectivity index (χ1n) is 8.00. The molecule has 1 amide bonds. The molecule has 0 N–H and O–H groups in total. The Balaban J connectivity index is 1.75. The zero-order valence-electron chi connectivity index (χ0n) is 14.0. The monoisotopic (exact) mass is 354 g/mol. The number of pyridine rings is 1. The van der Waals surface area contributed by atoms with Gasteiger partial charge in [0.2, 0.25) is 5.91 Å². The summed E-state index contributed by atoms with van der Waals surface area (Å²) < 4.78 is 2.04. The maximum Gasteiger partial charge on any atom is 0.220 e. The van der Waals surface area contributed by atoms with Crippen molar-refractivity contribution in [3.8, 4) is 0 Å².